The zero-order valence-electron chi connectivity index (χ0n) is 27.3. The summed E-state index contributed by atoms with van der Waals surface area (Å²) in [5, 5.41) is 25.1. The summed E-state index contributed by atoms with van der Waals surface area (Å²) < 4.78 is 28.0. The van der Waals surface area contributed by atoms with Crippen molar-refractivity contribution in [1.29, 1.82) is 5.41 Å². The minimum absolute atomic E-state index is 0.0945. The number of hydrogen-bond acceptors (Lipinski definition) is 7. The molecule has 0 bridgehead atoms. The van der Waals surface area contributed by atoms with Crippen LogP contribution in [0.3, 0.4) is 0 Å². The topological polar surface area (TPSA) is 125 Å². The molecule has 3 aliphatic rings. The number of allylic oxidation sites excluding steroid dienone is 1. The predicted molar refractivity (Wildman–Crippen MR) is 186 cm³/mol. The molecule has 7 rings (SSSR count). The molecule has 0 saturated heterocycles. The van der Waals surface area contributed by atoms with Gasteiger partial charge in [0.15, 0.2) is 0 Å². The smallest absolute Gasteiger partial charge is 0.339 e. The van der Waals surface area contributed by atoms with Gasteiger partial charge in [-0.25, -0.2) is 13.8 Å². The maximum absolute atomic E-state index is 14.4. The zero-order chi connectivity index (χ0) is 34.3. The van der Waals surface area contributed by atoms with Crippen LogP contribution in [0.5, 0.6) is 17.2 Å². The number of carbonyl (C=O) groups is 1. The Hall–Kier alpha value is -5.46. The van der Waals surface area contributed by atoms with Crippen molar-refractivity contribution in [2.75, 3.05) is 37.0 Å². The number of quaternary nitrogens is 1. The maximum Gasteiger partial charge on any atom is 0.339 e. The third kappa shape index (κ3) is 6.40. The average Bonchev–Trinajstić information content (AvgIpc) is 3.92. The van der Waals surface area contributed by atoms with E-state index in [1.54, 1.807) is 72.6 Å². The second-order valence-corrected chi connectivity index (χ2v) is 12.6. The Morgan fingerprint density at radius 2 is 1.88 bits per heavy atom. The molecule has 1 aromatic heterocycles. The lowest BCUT2D eigenvalue weighted by Gasteiger charge is -2.38. The van der Waals surface area contributed by atoms with Crippen LogP contribution in [0.2, 0.25) is 0 Å². The molecule has 1 atom stereocenters. The molecule has 0 radical (unpaired) electrons. The minimum Gasteiger partial charge on any atom is -0.633 e. The highest BCUT2D eigenvalue weighted by Crippen LogP contribution is 2.36. The van der Waals surface area contributed by atoms with E-state index in [0.29, 0.717) is 65.4 Å². The third-order valence-corrected chi connectivity index (χ3v) is 9.12. The number of benzene rings is 3. The number of hydrogen-bond donors (Lipinski definition) is 2. The molecule has 4 aromatic rings. The fourth-order valence-corrected chi connectivity index (χ4v) is 6.28. The molecule has 2 N–H and O–H groups in total. The van der Waals surface area contributed by atoms with Crippen molar-refractivity contribution >= 4 is 23.1 Å². The second kappa shape index (κ2) is 12.9. The van der Waals surface area contributed by atoms with Crippen molar-refractivity contribution in [3.05, 3.63) is 118 Å². The van der Waals surface area contributed by atoms with Crippen LogP contribution in [0.4, 0.5) is 15.9 Å². The summed E-state index contributed by atoms with van der Waals surface area (Å²) in [7, 11) is 1.64. The van der Waals surface area contributed by atoms with Crippen LogP contribution in [0.25, 0.3) is 11.4 Å². The fraction of sp³-hybridized carbons (Fsp3) is 0.270. The SMILES string of the molecule is CCC1=CNc2c(n(-c3ccc(Oc4cccc(F)c4)cc3)c(=O)n2-c2ccc3c(c2)N(C(=O)/C=C/C[N+](C)([O-])C2CC2)CCO3)C(=N)C1. The van der Waals surface area contributed by atoms with E-state index in [0.717, 1.165) is 24.8 Å². The summed E-state index contributed by atoms with van der Waals surface area (Å²) in [5.74, 6) is 1.02. The molecule has 252 valence electrons. The van der Waals surface area contributed by atoms with E-state index in [-0.39, 0.29) is 24.2 Å². The number of hydroxylamine groups is 3. The van der Waals surface area contributed by atoms with Gasteiger partial charge in [-0.2, -0.15) is 0 Å². The molecule has 3 heterocycles. The van der Waals surface area contributed by atoms with E-state index >= 15 is 0 Å². The fourth-order valence-electron chi connectivity index (χ4n) is 6.28. The number of ether oxygens (including phenoxy) is 2. The number of likely N-dealkylation sites (N-methyl/N-ethyl adjacent to an activating group) is 1. The van der Waals surface area contributed by atoms with Gasteiger partial charge in [-0.1, -0.05) is 13.0 Å². The first-order chi connectivity index (χ1) is 23.6. The van der Waals surface area contributed by atoms with Crippen molar-refractivity contribution < 1.29 is 23.3 Å². The molecule has 1 aliphatic carbocycles. The molecule has 1 saturated carbocycles. The quantitative estimate of drug-likeness (QED) is 0.121. The number of anilines is 2. The summed E-state index contributed by atoms with van der Waals surface area (Å²) in [4.78, 5) is 29.4. The highest BCUT2D eigenvalue weighted by Gasteiger charge is 2.35. The van der Waals surface area contributed by atoms with Gasteiger partial charge in [-0.15, -0.1) is 0 Å². The van der Waals surface area contributed by atoms with Crippen molar-refractivity contribution in [2.45, 2.75) is 38.6 Å². The summed E-state index contributed by atoms with van der Waals surface area (Å²) in [5.41, 5.74) is 2.74. The minimum atomic E-state index is -0.420. The lowest BCUT2D eigenvalue weighted by Crippen LogP contribution is -2.40. The van der Waals surface area contributed by atoms with Crippen molar-refractivity contribution in [3.63, 3.8) is 0 Å². The Labute approximate surface area is 282 Å². The van der Waals surface area contributed by atoms with Crippen LogP contribution >= 0.6 is 0 Å². The first-order valence-electron chi connectivity index (χ1n) is 16.4. The van der Waals surface area contributed by atoms with Crippen molar-refractivity contribution in [1.82, 2.24) is 9.13 Å². The Kier molecular flexibility index (Phi) is 8.43. The molecule has 1 amide bonds. The molecule has 49 heavy (non-hydrogen) atoms. The Balaban J connectivity index is 1.26. The molecule has 1 unspecified atom stereocenters. The van der Waals surface area contributed by atoms with Crippen LogP contribution in [0, 0.1) is 16.4 Å². The molecular formula is C37H37FN6O5. The average molecular weight is 665 g/mol. The first-order valence-corrected chi connectivity index (χ1v) is 16.4. The molecular weight excluding hydrogens is 627 g/mol. The van der Waals surface area contributed by atoms with Gasteiger partial charge in [-0.3, -0.25) is 9.36 Å². The summed E-state index contributed by atoms with van der Waals surface area (Å²) >= 11 is 0. The number of rotatable bonds is 9. The van der Waals surface area contributed by atoms with Crippen LogP contribution in [-0.2, 0) is 4.79 Å². The standard InChI is InChI=1S/C37H37FN6O5/c1-3-24-20-31(39)35-36(40-23-24)43(37(46)42(35)26-9-14-29(15-10-26)49-30-7-4-6-25(38)21-30)27-11-16-33-32(22-27)41(17-19-48-33)34(45)8-5-18-44(2,47)28-12-13-28/h4-11,14-16,21-23,28,39-40H,3,12-13,17-20H2,1-2H3/b8-5+,39-31?. The number of fused-ring (bicyclic) bond motifs is 2. The van der Waals surface area contributed by atoms with Gasteiger partial charge in [0.25, 0.3) is 5.91 Å². The molecule has 2 aliphatic heterocycles. The Bertz CT molecular complexity index is 2060. The van der Waals surface area contributed by atoms with Gasteiger partial charge in [0.2, 0.25) is 0 Å². The first kappa shape index (κ1) is 32.1. The highest BCUT2D eigenvalue weighted by molar-refractivity contribution is 6.04. The monoisotopic (exact) mass is 664 g/mol. The Morgan fingerprint density at radius 3 is 2.61 bits per heavy atom. The molecule has 11 nitrogen and oxygen atoms in total. The lowest BCUT2D eigenvalue weighted by atomic mass is 10.1. The van der Waals surface area contributed by atoms with E-state index < -0.39 is 16.2 Å². The van der Waals surface area contributed by atoms with Crippen LogP contribution in [0.15, 0.2) is 95.4 Å². The second-order valence-electron chi connectivity index (χ2n) is 12.6. The van der Waals surface area contributed by atoms with Crippen molar-refractivity contribution in [3.8, 4) is 28.6 Å². The van der Waals surface area contributed by atoms with Gasteiger partial charge in [0, 0.05) is 37.6 Å². The van der Waals surface area contributed by atoms with E-state index in [9.17, 15) is 19.2 Å². The Morgan fingerprint density at radius 1 is 1.10 bits per heavy atom. The number of imidazole rings is 1. The summed E-state index contributed by atoms with van der Waals surface area (Å²) in [6.07, 6.45) is 7.81. The van der Waals surface area contributed by atoms with E-state index in [1.807, 2.05) is 13.1 Å². The molecule has 1 fully saturated rings. The molecule has 0 spiro atoms. The number of amides is 1. The van der Waals surface area contributed by atoms with E-state index in [4.69, 9.17) is 14.9 Å². The third-order valence-electron chi connectivity index (χ3n) is 9.12. The number of halogens is 1. The van der Waals surface area contributed by atoms with Gasteiger partial charge < -0.3 is 35.0 Å². The largest absolute Gasteiger partial charge is 0.633 e. The van der Waals surface area contributed by atoms with Gasteiger partial charge in [0.1, 0.15) is 41.2 Å². The lowest BCUT2D eigenvalue weighted by molar-refractivity contribution is -0.865. The number of nitrogens with zero attached hydrogens (tertiary/aromatic N) is 4. The van der Waals surface area contributed by atoms with Crippen molar-refractivity contribution in [2.24, 2.45) is 0 Å². The van der Waals surface area contributed by atoms with Gasteiger partial charge in [-0.05, 0) is 72.7 Å². The summed E-state index contributed by atoms with van der Waals surface area (Å²) in [6.45, 7) is 2.83. The van der Waals surface area contributed by atoms with E-state index in [2.05, 4.69) is 5.32 Å². The van der Waals surface area contributed by atoms with Gasteiger partial charge in [0.05, 0.1) is 49.0 Å². The normalized spacial score (nSPS) is 16.9. The van der Waals surface area contributed by atoms with Crippen LogP contribution in [-0.4, -0.2) is 58.2 Å². The number of nitrogens with one attached hydrogen (secondary N) is 2. The molecule has 12 heteroatoms. The summed E-state index contributed by atoms with van der Waals surface area (Å²) in [6, 6.07) is 18.0. The van der Waals surface area contributed by atoms with Crippen LogP contribution < -0.4 is 25.4 Å². The zero-order valence-corrected chi connectivity index (χ0v) is 27.3. The number of carbonyl (C=O) groups excluding carboxylic acids is 1. The van der Waals surface area contributed by atoms with E-state index in [1.165, 1.54) is 27.3 Å². The maximum atomic E-state index is 14.4. The van der Waals surface area contributed by atoms with Gasteiger partial charge >= 0.3 is 5.69 Å². The predicted octanol–water partition coefficient (Wildman–Crippen LogP) is 6.43. The van der Waals surface area contributed by atoms with Crippen LogP contribution in [0.1, 0.15) is 38.3 Å². The number of aromatic nitrogens is 2. The molecule has 3 aromatic carbocycles. The highest BCUT2D eigenvalue weighted by atomic mass is 19.1.